The summed E-state index contributed by atoms with van der Waals surface area (Å²) >= 11 is 0. The van der Waals surface area contributed by atoms with E-state index in [1.807, 2.05) is 0 Å². The van der Waals surface area contributed by atoms with Crippen molar-refractivity contribution in [3.63, 3.8) is 0 Å². The van der Waals surface area contributed by atoms with Crippen molar-refractivity contribution in [3.05, 3.63) is 12.2 Å². The second-order valence-corrected chi connectivity index (χ2v) is 15.1. The Bertz CT molecular complexity index is 818. The molecule has 0 radical (unpaired) electrons. The summed E-state index contributed by atoms with van der Waals surface area (Å²) in [5, 5.41) is 0. The van der Waals surface area contributed by atoms with Crippen LogP contribution in [-0.4, -0.2) is 42.8 Å². The van der Waals surface area contributed by atoms with Gasteiger partial charge < -0.3 is 14.4 Å². The third-order valence-corrected chi connectivity index (χ3v) is 9.88. The summed E-state index contributed by atoms with van der Waals surface area (Å²) in [6.45, 7) is 5.47. The maximum Gasteiger partial charge on any atom is 0.472 e. The number of phosphoric acid groups is 1. The van der Waals surface area contributed by atoms with Gasteiger partial charge in [0.05, 0.1) is 13.2 Å². The molecule has 0 rings (SSSR count). The van der Waals surface area contributed by atoms with Gasteiger partial charge in [-0.25, -0.2) is 4.57 Å². The first kappa shape index (κ1) is 47.8. The summed E-state index contributed by atoms with van der Waals surface area (Å²) in [5.74, 6) is -0.794. The lowest BCUT2D eigenvalue weighted by molar-refractivity contribution is -0.161. The highest BCUT2D eigenvalue weighted by atomic mass is 31.2. The van der Waals surface area contributed by atoms with Crippen LogP contribution in [0.4, 0.5) is 0 Å². The molecule has 0 aliphatic rings. The lowest BCUT2D eigenvalue weighted by Gasteiger charge is -2.19. The van der Waals surface area contributed by atoms with E-state index in [2.05, 4.69) is 26.0 Å². The molecule has 0 saturated heterocycles. The monoisotopic (exact) mass is 717 g/mol. The number of hydrogen-bond donors (Lipinski definition) is 1. The first-order chi connectivity index (χ1) is 23.8. The third kappa shape index (κ3) is 36.4. The smallest absolute Gasteiger partial charge is 0.462 e. The molecule has 2 unspecified atom stereocenters. The summed E-state index contributed by atoms with van der Waals surface area (Å²) in [5.41, 5.74) is 0. The molecule has 8 nitrogen and oxygen atoms in total. The molecule has 1 N–H and O–H groups in total. The van der Waals surface area contributed by atoms with E-state index in [1.165, 1.54) is 135 Å². The number of ether oxygens (including phenoxy) is 2. The molecule has 0 aromatic carbocycles. The Morgan fingerprint density at radius 1 is 0.531 bits per heavy atom. The highest BCUT2D eigenvalue weighted by Crippen LogP contribution is 2.43. The number of hydrogen-bond acceptors (Lipinski definition) is 7. The largest absolute Gasteiger partial charge is 0.472 e. The van der Waals surface area contributed by atoms with Crippen molar-refractivity contribution in [2.24, 2.45) is 0 Å². The second kappa shape index (κ2) is 36.6. The van der Waals surface area contributed by atoms with E-state index in [0.717, 1.165) is 32.1 Å². The van der Waals surface area contributed by atoms with Gasteiger partial charge in [-0.05, 0) is 45.4 Å². The van der Waals surface area contributed by atoms with Crippen LogP contribution in [0.1, 0.15) is 207 Å². The maximum atomic E-state index is 12.5. The van der Waals surface area contributed by atoms with Crippen LogP contribution in [-0.2, 0) is 32.7 Å². The lowest BCUT2D eigenvalue weighted by atomic mass is 10.1. The van der Waals surface area contributed by atoms with Gasteiger partial charge in [-0.15, -0.1) is 0 Å². The molecule has 0 saturated carbocycles. The lowest BCUT2D eigenvalue weighted by Crippen LogP contribution is -2.29. The summed E-state index contributed by atoms with van der Waals surface area (Å²) < 4.78 is 32.5. The predicted octanol–water partition coefficient (Wildman–Crippen LogP) is 12.5. The molecular formula is C40H77O8P. The van der Waals surface area contributed by atoms with E-state index in [1.54, 1.807) is 6.92 Å². The van der Waals surface area contributed by atoms with Crippen LogP contribution < -0.4 is 0 Å². The maximum absolute atomic E-state index is 12.5. The van der Waals surface area contributed by atoms with Crippen LogP contribution in [0.3, 0.4) is 0 Å². The van der Waals surface area contributed by atoms with E-state index >= 15 is 0 Å². The Labute approximate surface area is 301 Å². The molecule has 0 aliphatic heterocycles. The quantitative estimate of drug-likeness (QED) is 0.0291. The van der Waals surface area contributed by atoms with Gasteiger partial charge >= 0.3 is 19.8 Å². The molecule has 0 spiro atoms. The van der Waals surface area contributed by atoms with Crippen molar-refractivity contribution >= 4 is 19.8 Å². The number of carbonyl (C=O) groups excluding carboxylic acids is 2. The number of unbranched alkanes of at least 4 members (excludes halogenated alkanes) is 24. The molecule has 0 aromatic rings. The number of allylic oxidation sites excluding steroid dienone is 2. The molecule has 0 aromatic heterocycles. The summed E-state index contributed by atoms with van der Waals surface area (Å²) in [6, 6.07) is 0. The fourth-order valence-corrected chi connectivity index (χ4v) is 6.56. The number of rotatable bonds is 38. The Hall–Kier alpha value is -1.21. The minimum Gasteiger partial charge on any atom is -0.462 e. The van der Waals surface area contributed by atoms with Crippen molar-refractivity contribution in [1.82, 2.24) is 0 Å². The van der Waals surface area contributed by atoms with E-state index < -0.39 is 19.9 Å². The van der Waals surface area contributed by atoms with Gasteiger partial charge in [-0.1, -0.05) is 161 Å². The Balaban J connectivity index is 4.04. The normalized spacial score (nSPS) is 13.5. The number of carbonyl (C=O) groups is 2. The van der Waals surface area contributed by atoms with Crippen molar-refractivity contribution in [3.8, 4) is 0 Å². The zero-order chi connectivity index (χ0) is 36.1. The minimum absolute atomic E-state index is 0.00305. The van der Waals surface area contributed by atoms with Crippen molar-refractivity contribution in [2.75, 3.05) is 19.8 Å². The second-order valence-electron chi connectivity index (χ2n) is 13.7. The highest BCUT2D eigenvalue weighted by molar-refractivity contribution is 7.47. The van der Waals surface area contributed by atoms with Crippen LogP contribution in [0.15, 0.2) is 12.2 Å². The Kier molecular flexibility index (Phi) is 35.7. The molecule has 49 heavy (non-hydrogen) atoms. The van der Waals surface area contributed by atoms with E-state index in [-0.39, 0.29) is 32.2 Å². The molecule has 9 heteroatoms. The molecule has 0 heterocycles. The summed E-state index contributed by atoms with van der Waals surface area (Å²) in [7, 11) is -4.27. The van der Waals surface area contributed by atoms with Gasteiger partial charge in [-0.2, -0.15) is 0 Å². The minimum atomic E-state index is -4.27. The van der Waals surface area contributed by atoms with Crippen LogP contribution in [0.25, 0.3) is 0 Å². The van der Waals surface area contributed by atoms with Crippen LogP contribution in [0, 0.1) is 0 Å². The predicted molar refractivity (Wildman–Crippen MR) is 203 cm³/mol. The SMILES string of the molecule is CCCCCCCC/C=C\CCCCCCCCCCCC(=O)OC(COC(=O)CCCCCCCCCCCC)COP(=O)(O)OCC. The molecular weight excluding hydrogens is 639 g/mol. The van der Waals surface area contributed by atoms with E-state index in [4.69, 9.17) is 18.5 Å². The van der Waals surface area contributed by atoms with Gasteiger partial charge in [0.25, 0.3) is 0 Å². The number of phosphoric ester groups is 1. The van der Waals surface area contributed by atoms with Crippen LogP contribution in [0.2, 0.25) is 0 Å². The van der Waals surface area contributed by atoms with Gasteiger partial charge in [0.2, 0.25) is 0 Å². The fraction of sp³-hybridized carbons (Fsp3) is 0.900. The van der Waals surface area contributed by atoms with Crippen molar-refractivity contribution in [2.45, 2.75) is 213 Å². The average Bonchev–Trinajstić information content (AvgIpc) is 3.07. The van der Waals surface area contributed by atoms with Gasteiger partial charge in [0.15, 0.2) is 6.10 Å². The molecule has 0 aliphatic carbocycles. The number of esters is 2. The van der Waals surface area contributed by atoms with Gasteiger partial charge in [0, 0.05) is 12.8 Å². The molecule has 0 amide bonds. The van der Waals surface area contributed by atoms with E-state index in [9.17, 15) is 19.0 Å². The Morgan fingerprint density at radius 2 is 0.918 bits per heavy atom. The summed E-state index contributed by atoms with van der Waals surface area (Å²) in [4.78, 5) is 34.6. The van der Waals surface area contributed by atoms with Gasteiger partial charge in [0.1, 0.15) is 6.61 Å². The van der Waals surface area contributed by atoms with Gasteiger partial charge in [-0.3, -0.25) is 18.6 Å². The van der Waals surface area contributed by atoms with E-state index in [0.29, 0.717) is 12.8 Å². The third-order valence-electron chi connectivity index (χ3n) is 8.82. The standard InChI is InChI=1S/C40H77O8P/c1-4-7-9-11-13-15-17-18-19-20-21-22-23-24-25-27-29-31-33-35-40(42)48-38(37-47-49(43,44)46-6-3)36-45-39(41)34-32-30-28-26-16-14-12-10-8-5-2/h18-19,38H,4-17,20-37H2,1-3H3,(H,43,44)/b19-18-. The first-order valence-electron chi connectivity index (χ1n) is 20.5. The Morgan fingerprint density at radius 3 is 1.35 bits per heavy atom. The topological polar surface area (TPSA) is 108 Å². The summed E-state index contributed by atoms with van der Waals surface area (Å²) in [6.07, 6.45) is 36.9. The fourth-order valence-electron chi connectivity index (χ4n) is 5.80. The molecule has 2 atom stereocenters. The van der Waals surface area contributed by atoms with Crippen LogP contribution in [0.5, 0.6) is 0 Å². The highest BCUT2D eigenvalue weighted by Gasteiger charge is 2.25. The zero-order valence-electron chi connectivity index (χ0n) is 32.1. The van der Waals surface area contributed by atoms with Crippen molar-refractivity contribution < 1.29 is 37.6 Å². The molecule has 0 bridgehead atoms. The average molecular weight is 717 g/mol. The first-order valence-corrected chi connectivity index (χ1v) is 22.0. The van der Waals surface area contributed by atoms with Crippen molar-refractivity contribution in [1.29, 1.82) is 0 Å². The van der Waals surface area contributed by atoms with Crippen LogP contribution >= 0.6 is 7.82 Å². The molecule has 0 fully saturated rings. The zero-order valence-corrected chi connectivity index (χ0v) is 33.0. The molecule has 290 valence electrons.